The molecule has 1 aliphatic rings. The Bertz CT molecular complexity index is 388. The standard InChI is InChI=1S/C16H28N2S/c1-4-13-9-10-16(19-13)15(11-17)18(3)14-8-6-5-7-12(14)2/h9-10,12,14-15H,4-8,11,17H2,1-3H3. The highest BCUT2D eigenvalue weighted by molar-refractivity contribution is 7.12. The van der Waals surface area contributed by atoms with Crippen molar-refractivity contribution in [2.75, 3.05) is 13.6 Å². The molecule has 3 atom stereocenters. The lowest BCUT2D eigenvalue weighted by Crippen LogP contribution is -2.43. The quantitative estimate of drug-likeness (QED) is 0.888. The van der Waals surface area contributed by atoms with Crippen LogP contribution in [0.1, 0.15) is 55.3 Å². The molecular formula is C16H28N2S. The third-order valence-corrected chi connectivity index (χ3v) is 5.99. The van der Waals surface area contributed by atoms with Crippen LogP contribution in [0.2, 0.25) is 0 Å². The van der Waals surface area contributed by atoms with E-state index in [0.717, 1.165) is 18.9 Å². The molecule has 0 aromatic carbocycles. The molecule has 108 valence electrons. The van der Waals surface area contributed by atoms with Crippen molar-refractivity contribution in [1.29, 1.82) is 0 Å². The van der Waals surface area contributed by atoms with Crippen molar-refractivity contribution in [2.45, 2.75) is 58.0 Å². The number of nitrogens with two attached hydrogens (primary N) is 1. The molecule has 1 saturated carbocycles. The minimum Gasteiger partial charge on any atom is -0.329 e. The van der Waals surface area contributed by atoms with Crippen LogP contribution in [0.5, 0.6) is 0 Å². The van der Waals surface area contributed by atoms with Gasteiger partial charge < -0.3 is 5.73 Å². The number of hydrogen-bond acceptors (Lipinski definition) is 3. The third kappa shape index (κ3) is 3.39. The lowest BCUT2D eigenvalue weighted by molar-refractivity contribution is 0.101. The maximum absolute atomic E-state index is 6.07. The molecule has 1 heterocycles. The minimum absolute atomic E-state index is 0.399. The second-order valence-electron chi connectivity index (χ2n) is 5.90. The summed E-state index contributed by atoms with van der Waals surface area (Å²) in [6, 6.07) is 5.65. The van der Waals surface area contributed by atoms with Crippen LogP contribution in [-0.2, 0) is 6.42 Å². The van der Waals surface area contributed by atoms with E-state index in [4.69, 9.17) is 5.73 Å². The summed E-state index contributed by atoms with van der Waals surface area (Å²) in [6.07, 6.45) is 6.61. The summed E-state index contributed by atoms with van der Waals surface area (Å²) in [5.41, 5.74) is 6.07. The van der Waals surface area contributed by atoms with Crippen LogP contribution in [-0.4, -0.2) is 24.5 Å². The molecule has 2 nitrogen and oxygen atoms in total. The molecule has 2 rings (SSSR count). The molecule has 1 aromatic rings. The molecule has 3 unspecified atom stereocenters. The zero-order valence-electron chi connectivity index (χ0n) is 12.6. The Morgan fingerprint density at radius 3 is 2.68 bits per heavy atom. The monoisotopic (exact) mass is 280 g/mol. The van der Waals surface area contributed by atoms with Crippen LogP contribution in [0.3, 0.4) is 0 Å². The van der Waals surface area contributed by atoms with Gasteiger partial charge in [-0.25, -0.2) is 0 Å². The molecule has 1 fully saturated rings. The van der Waals surface area contributed by atoms with Crippen molar-refractivity contribution in [2.24, 2.45) is 11.7 Å². The maximum Gasteiger partial charge on any atom is 0.0564 e. The second kappa shape index (κ2) is 6.87. The van der Waals surface area contributed by atoms with E-state index in [0.29, 0.717) is 12.1 Å². The highest BCUT2D eigenvalue weighted by atomic mass is 32.1. The summed E-state index contributed by atoms with van der Waals surface area (Å²) in [4.78, 5) is 5.47. The van der Waals surface area contributed by atoms with Gasteiger partial charge in [-0.15, -0.1) is 11.3 Å². The van der Waals surface area contributed by atoms with E-state index in [-0.39, 0.29) is 0 Å². The third-order valence-electron chi connectivity index (χ3n) is 4.66. The van der Waals surface area contributed by atoms with Gasteiger partial charge in [0.05, 0.1) is 6.04 Å². The van der Waals surface area contributed by atoms with Gasteiger partial charge in [0.1, 0.15) is 0 Å². The average molecular weight is 280 g/mol. The van der Waals surface area contributed by atoms with E-state index in [9.17, 15) is 0 Å². The fraction of sp³-hybridized carbons (Fsp3) is 0.750. The van der Waals surface area contributed by atoms with Gasteiger partial charge in [0.2, 0.25) is 0 Å². The van der Waals surface area contributed by atoms with Gasteiger partial charge in [0.15, 0.2) is 0 Å². The first-order valence-electron chi connectivity index (χ1n) is 7.68. The first kappa shape index (κ1) is 15.0. The number of hydrogen-bond donors (Lipinski definition) is 1. The van der Waals surface area contributed by atoms with Crippen molar-refractivity contribution in [3.8, 4) is 0 Å². The molecule has 1 aromatic heterocycles. The Balaban J connectivity index is 2.11. The molecule has 2 N–H and O–H groups in total. The predicted octanol–water partition coefficient (Wildman–Crippen LogP) is 3.82. The topological polar surface area (TPSA) is 29.3 Å². The van der Waals surface area contributed by atoms with Gasteiger partial charge in [0, 0.05) is 22.3 Å². The highest BCUT2D eigenvalue weighted by Crippen LogP contribution is 2.34. The smallest absolute Gasteiger partial charge is 0.0564 e. The van der Waals surface area contributed by atoms with Crippen molar-refractivity contribution < 1.29 is 0 Å². The molecule has 0 aliphatic heterocycles. The molecule has 0 spiro atoms. The summed E-state index contributed by atoms with van der Waals surface area (Å²) in [6.45, 7) is 5.35. The zero-order chi connectivity index (χ0) is 13.8. The number of nitrogens with zero attached hydrogens (tertiary/aromatic N) is 1. The van der Waals surface area contributed by atoms with E-state index >= 15 is 0 Å². The second-order valence-corrected chi connectivity index (χ2v) is 7.10. The molecule has 0 bridgehead atoms. The Kier molecular flexibility index (Phi) is 5.43. The zero-order valence-corrected chi connectivity index (χ0v) is 13.4. The number of thiophene rings is 1. The summed E-state index contributed by atoms with van der Waals surface area (Å²) >= 11 is 1.94. The van der Waals surface area contributed by atoms with Crippen LogP contribution in [0.4, 0.5) is 0 Å². The summed E-state index contributed by atoms with van der Waals surface area (Å²) in [7, 11) is 2.27. The molecule has 1 aliphatic carbocycles. The molecule has 0 saturated heterocycles. The fourth-order valence-corrected chi connectivity index (χ4v) is 4.50. The van der Waals surface area contributed by atoms with Gasteiger partial charge in [-0.1, -0.05) is 26.7 Å². The largest absolute Gasteiger partial charge is 0.329 e. The van der Waals surface area contributed by atoms with E-state index in [1.807, 2.05) is 11.3 Å². The lowest BCUT2D eigenvalue weighted by Gasteiger charge is -2.40. The Morgan fingerprint density at radius 2 is 2.11 bits per heavy atom. The Morgan fingerprint density at radius 1 is 1.37 bits per heavy atom. The van der Waals surface area contributed by atoms with Crippen LogP contribution in [0.25, 0.3) is 0 Å². The SMILES string of the molecule is CCc1ccc(C(CN)N(C)C2CCCCC2C)s1. The van der Waals surface area contributed by atoms with E-state index < -0.39 is 0 Å². The molecule has 0 amide bonds. The maximum atomic E-state index is 6.07. The van der Waals surface area contributed by atoms with Gasteiger partial charge in [0.25, 0.3) is 0 Å². The van der Waals surface area contributed by atoms with Gasteiger partial charge in [-0.2, -0.15) is 0 Å². The molecule has 0 radical (unpaired) electrons. The van der Waals surface area contributed by atoms with E-state index in [1.54, 1.807) is 0 Å². The van der Waals surface area contributed by atoms with E-state index in [2.05, 4.69) is 37.9 Å². The highest BCUT2D eigenvalue weighted by Gasteiger charge is 2.29. The van der Waals surface area contributed by atoms with Crippen molar-refractivity contribution in [3.05, 3.63) is 21.9 Å². The van der Waals surface area contributed by atoms with Gasteiger partial charge in [-0.3, -0.25) is 4.90 Å². The predicted molar refractivity (Wildman–Crippen MR) is 84.7 cm³/mol. The minimum atomic E-state index is 0.399. The average Bonchev–Trinajstić information content (AvgIpc) is 2.88. The van der Waals surface area contributed by atoms with Crippen molar-refractivity contribution >= 4 is 11.3 Å². The summed E-state index contributed by atoms with van der Waals surface area (Å²) in [5.74, 6) is 0.804. The van der Waals surface area contributed by atoms with Gasteiger partial charge in [-0.05, 0) is 44.4 Å². The first-order valence-corrected chi connectivity index (χ1v) is 8.49. The molecule has 3 heteroatoms. The molecule has 19 heavy (non-hydrogen) atoms. The summed E-state index contributed by atoms with van der Waals surface area (Å²) < 4.78 is 0. The number of aryl methyl sites for hydroxylation is 1. The summed E-state index contributed by atoms with van der Waals surface area (Å²) in [5, 5.41) is 0. The molecular weight excluding hydrogens is 252 g/mol. The fourth-order valence-electron chi connectivity index (χ4n) is 3.38. The van der Waals surface area contributed by atoms with Crippen molar-refractivity contribution in [1.82, 2.24) is 4.90 Å². The number of likely N-dealkylation sites (N-methyl/N-ethyl adjacent to an activating group) is 1. The van der Waals surface area contributed by atoms with Crippen LogP contribution >= 0.6 is 11.3 Å². The Labute approximate surface area is 122 Å². The van der Waals surface area contributed by atoms with Crippen molar-refractivity contribution in [3.63, 3.8) is 0 Å². The van der Waals surface area contributed by atoms with Gasteiger partial charge >= 0.3 is 0 Å². The van der Waals surface area contributed by atoms with Crippen LogP contribution in [0.15, 0.2) is 12.1 Å². The Hall–Kier alpha value is -0.380. The van der Waals surface area contributed by atoms with E-state index in [1.165, 1.54) is 35.4 Å². The number of rotatable bonds is 5. The lowest BCUT2D eigenvalue weighted by atomic mass is 9.84. The van der Waals surface area contributed by atoms with Crippen LogP contribution < -0.4 is 5.73 Å². The first-order chi connectivity index (χ1) is 9.17. The normalized spacial score (nSPS) is 25.7. The van der Waals surface area contributed by atoms with Crippen LogP contribution in [0, 0.1) is 5.92 Å².